The molecule has 0 aliphatic carbocycles. The summed E-state index contributed by atoms with van der Waals surface area (Å²) in [5.41, 5.74) is 3.11. The fourth-order valence-corrected chi connectivity index (χ4v) is 2.38. The van der Waals surface area contributed by atoms with Gasteiger partial charge in [0.15, 0.2) is 5.78 Å². The van der Waals surface area contributed by atoms with Gasteiger partial charge < -0.3 is 4.98 Å². The van der Waals surface area contributed by atoms with Gasteiger partial charge in [0.25, 0.3) is 0 Å². The van der Waals surface area contributed by atoms with Gasteiger partial charge in [0.1, 0.15) is 5.82 Å². The third kappa shape index (κ3) is 2.23. The molecule has 3 aromatic rings. The van der Waals surface area contributed by atoms with E-state index < -0.39 is 0 Å². The first-order chi connectivity index (χ1) is 9.65. The second-order valence-corrected chi connectivity index (χ2v) is 4.94. The lowest BCUT2D eigenvalue weighted by Gasteiger charge is -2.02. The SMILES string of the molecule is Cc1ccc2c(C(=O)Cc3ccccc3F)c[nH]c2c1. The topological polar surface area (TPSA) is 32.9 Å². The number of rotatable bonds is 3. The minimum atomic E-state index is -0.337. The van der Waals surface area contributed by atoms with Crippen LogP contribution in [0.1, 0.15) is 21.5 Å². The number of fused-ring (bicyclic) bond motifs is 1. The van der Waals surface area contributed by atoms with Crippen molar-refractivity contribution in [3.05, 3.63) is 71.2 Å². The molecule has 20 heavy (non-hydrogen) atoms. The van der Waals surface area contributed by atoms with Crippen LogP contribution >= 0.6 is 0 Å². The summed E-state index contributed by atoms with van der Waals surface area (Å²) in [5, 5.41) is 0.886. The summed E-state index contributed by atoms with van der Waals surface area (Å²) in [5.74, 6) is -0.415. The summed E-state index contributed by atoms with van der Waals surface area (Å²) >= 11 is 0. The minimum Gasteiger partial charge on any atom is -0.360 e. The van der Waals surface area contributed by atoms with Crippen LogP contribution in [0, 0.1) is 12.7 Å². The number of hydrogen-bond acceptors (Lipinski definition) is 1. The highest BCUT2D eigenvalue weighted by Crippen LogP contribution is 2.21. The number of aromatic amines is 1. The van der Waals surface area contributed by atoms with Gasteiger partial charge in [0.05, 0.1) is 0 Å². The van der Waals surface area contributed by atoms with Gasteiger partial charge in [-0.3, -0.25) is 4.79 Å². The zero-order valence-electron chi connectivity index (χ0n) is 11.1. The molecule has 100 valence electrons. The smallest absolute Gasteiger partial charge is 0.169 e. The molecule has 0 saturated carbocycles. The summed E-state index contributed by atoms with van der Waals surface area (Å²) in [4.78, 5) is 15.4. The van der Waals surface area contributed by atoms with Crippen LogP contribution in [0.5, 0.6) is 0 Å². The normalized spacial score (nSPS) is 10.9. The fraction of sp³-hybridized carbons (Fsp3) is 0.118. The van der Waals surface area contributed by atoms with Crippen molar-refractivity contribution in [1.82, 2.24) is 4.98 Å². The van der Waals surface area contributed by atoms with Crippen molar-refractivity contribution in [1.29, 1.82) is 0 Å². The van der Waals surface area contributed by atoms with Crippen molar-refractivity contribution in [3.8, 4) is 0 Å². The van der Waals surface area contributed by atoms with E-state index in [0.29, 0.717) is 11.1 Å². The highest BCUT2D eigenvalue weighted by molar-refractivity contribution is 6.08. The Morgan fingerprint density at radius 3 is 2.80 bits per heavy atom. The van der Waals surface area contributed by atoms with Crippen LogP contribution in [0.15, 0.2) is 48.7 Å². The highest BCUT2D eigenvalue weighted by atomic mass is 19.1. The number of aromatic nitrogens is 1. The maximum Gasteiger partial charge on any atom is 0.169 e. The highest BCUT2D eigenvalue weighted by Gasteiger charge is 2.14. The summed E-state index contributed by atoms with van der Waals surface area (Å²) in [7, 11) is 0. The number of hydrogen-bond donors (Lipinski definition) is 1. The predicted octanol–water partition coefficient (Wildman–Crippen LogP) is 4.04. The van der Waals surface area contributed by atoms with Crippen molar-refractivity contribution in [2.45, 2.75) is 13.3 Å². The van der Waals surface area contributed by atoms with Crippen LogP contribution in [0.3, 0.4) is 0 Å². The molecule has 0 unspecified atom stereocenters. The Labute approximate surface area is 116 Å². The average Bonchev–Trinajstić information content (AvgIpc) is 2.84. The van der Waals surface area contributed by atoms with Crippen LogP contribution in [0.2, 0.25) is 0 Å². The number of Topliss-reactive ketones (excluding diaryl/α,β-unsaturated/α-hetero) is 1. The first-order valence-corrected chi connectivity index (χ1v) is 6.49. The number of aryl methyl sites for hydroxylation is 1. The predicted molar refractivity (Wildman–Crippen MR) is 77.5 cm³/mol. The minimum absolute atomic E-state index is 0.0769. The summed E-state index contributed by atoms with van der Waals surface area (Å²) in [6.45, 7) is 2.00. The van der Waals surface area contributed by atoms with Crippen LogP contribution in [0.25, 0.3) is 10.9 Å². The third-order valence-electron chi connectivity index (χ3n) is 3.45. The summed E-state index contributed by atoms with van der Waals surface area (Å²) in [6.07, 6.45) is 1.78. The number of carbonyl (C=O) groups excluding carboxylic acids is 1. The van der Waals surface area contributed by atoms with Crippen LogP contribution < -0.4 is 0 Å². The maximum atomic E-state index is 13.6. The Morgan fingerprint density at radius 2 is 2.00 bits per heavy atom. The largest absolute Gasteiger partial charge is 0.360 e. The lowest BCUT2D eigenvalue weighted by molar-refractivity contribution is 0.0993. The van der Waals surface area contributed by atoms with E-state index >= 15 is 0 Å². The molecule has 1 N–H and O–H groups in total. The molecule has 0 aliphatic heterocycles. The second kappa shape index (κ2) is 4.93. The molecular formula is C17H14FNO. The summed E-state index contributed by atoms with van der Waals surface area (Å²) < 4.78 is 13.6. The van der Waals surface area contributed by atoms with Crippen molar-refractivity contribution in [2.24, 2.45) is 0 Å². The third-order valence-corrected chi connectivity index (χ3v) is 3.45. The zero-order chi connectivity index (χ0) is 14.1. The van der Waals surface area contributed by atoms with Gasteiger partial charge >= 0.3 is 0 Å². The van der Waals surface area contributed by atoms with E-state index in [1.807, 2.05) is 25.1 Å². The number of ketones is 1. The maximum absolute atomic E-state index is 13.6. The molecule has 0 amide bonds. The first kappa shape index (κ1) is 12.6. The number of H-pyrrole nitrogens is 1. The number of benzene rings is 2. The second-order valence-electron chi connectivity index (χ2n) is 4.94. The van der Waals surface area contributed by atoms with E-state index in [1.54, 1.807) is 24.4 Å². The van der Waals surface area contributed by atoms with E-state index in [4.69, 9.17) is 0 Å². The molecule has 3 heteroatoms. The van der Waals surface area contributed by atoms with Crippen LogP contribution in [-0.4, -0.2) is 10.8 Å². The Balaban J connectivity index is 1.95. The quantitative estimate of drug-likeness (QED) is 0.714. The van der Waals surface area contributed by atoms with E-state index in [9.17, 15) is 9.18 Å². The van der Waals surface area contributed by atoms with Gasteiger partial charge in [0.2, 0.25) is 0 Å². The van der Waals surface area contributed by atoms with Crippen LogP contribution in [0.4, 0.5) is 4.39 Å². The lowest BCUT2D eigenvalue weighted by Crippen LogP contribution is -2.04. The van der Waals surface area contributed by atoms with Crippen molar-refractivity contribution < 1.29 is 9.18 Å². The molecule has 0 fully saturated rings. The fourth-order valence-electron chi connectivity index (χ4n) is 2.38. The van der Waals surface area contributed by atoms with E-state index in [0.717, 1.165) is 16.5 Å². The Bertz CT molecular complexity index is 789. The van der Waals surface area contributed by atoms with Crippen LogP contribution in [-0.2, 0) is 6.42 Å². The molecule has 2 nitrogen and oxygen atoms in total. The lowest BCUT2D eigenvalue weighted by atomic mass is 10.0. The molecule has 0 saturated heterocycles. The Hall–Kier alpha value is -2.42. The number of nitrogens with one attached hydrogen (secondary N) is 1. The number of halogens is 1. The van der Waals surface area contributed by atoms with Crippen molar-refractivity contribution >= 4 is 16.7 Å². The molecule has 1 aromatic heterocycles. The van der Waals surface area contributed by atoms with Crippen molar-refractivity contribution in [3.63, 3.8) is 0 Å². The van der Waals surface area contributed by atoms with Gasteiger partial charge in [0, 0.05) is 29.1 Å². The van der Waals surface area contributed by atoms with Gasteiger partial charge in [-0.1, -0.05) is 30.3 Å². The molecule has 0 aliphatic rings. The first-order valence-electron chi connectivity index (χ1n) is 6.49. The van der Waals surface area contributed by atoms with Crippen molar-refractivity contribution in [2.75, 3.05) is 0 Å². The Morgan fingerprint density at radius 1 is 1.20 bits per heavy atom. The number of carbonyl (C=O) groups is 1. The van der Waals surface area contributed by atoms with Gasteiger partial charge in [-0.2, -0.15) is 0 Å². The summed E-state index contributed by atoms with van der Waals surface area (Å²) in [6, 6.07) is 12.3. The van der Waals surface area contributed by atoms with E-state index in [1.165, 1.54) is 6.07 Å². The van der Waals surface area contributed by atoms with Gasteiger partial charge in [-0.05, 0) is 30.2 Å². The molecule has 3 rings (SSSR count). The van der Waals surface area contributed by atoms with Gasteiger partial charge in [-0.15, -0.1) is 0 Å². The average molecular weight is 267 g/mol. The molecule has 0 bridgehead atoms. The van der Waals surface area contributed by atoms with Gasteiger partial charge in [-0.25, -0.2) is 4.39 Å². The standard InChI is InChI=1S/C17H14FNO/c1-11-6-7-13-14(10-19-16(13)8-11)17(20)9-12-4-2-3-5-15(12)18/h2-8,10,19H,9H2,1H3. The van der Waals surface area contributed by atoms with E-state index in [-0.39, 0.29) is 18.0 Å². The van der Waals surface area contributed by atoms with E-state index in [2.05, 4.69) is 4.98 Å². The zero-order valence-corrected chi connectivity index (χ0v) is 11.1. The monoisotopic (exact) mass is 267 g/mol. The Kier molecular flexibility index (Phi) is 3.11. The molecule has 1 heterocycles. The molecule has 2 aromatic carbocycles. The molecule has 0 spiro atoms. The molecular weight excluding hydrogens is 253 g/mol. The molecule has 0 radical (unpaired) electrons. The molecule has 0 atom stereocenters.